The molecule has 1 N–H and O–H groups in total. The van der Waals surface area contributed by atoms with Gasteiger partial charge in [-0.1, -0.05) is 32.9 Å². The predicted molar refractivity (Wildman–Crippen MR) is 66.2 cm³/mol. The maximum Gasteiger partial charge on any atom is 0.0832 e. The normalized spacial score (nSPS) is 12.4. The Labute approximate surface area is 98.4 Å². The Morgan fingerprint density at radius 3 is 2.62 bits per heavy atom. The minimum absolute atomic E-state index is 0.227. The zero-order valence-electron chi connectivity index (χ0n) is 11.1. The van der Waals surface area contributed by atoms with Crippen LogP contribution in [0.4, 0.5) is 0 Å². The van der Waals surface area contributed by atoms with Crippen molar-refractivity contribution in [3.63, 3.8) is 0 Å². The minimum Gasteiger partial charge on any atom is -0.316 e. The molecule has 1 rings (SSSR count). The number of aryl methyl sites for hydroxylation is 1. The highest BCUT2D eigenvalue weighted by atomic mass is 15.4. The highest BCUT2D eigenvalue weighted by Crippen LogP contribution is 2.19. The molecular weight excluding hydrogens is 200 g/mol. The Bertz CT molecular complexity index is 315. The van der Waals surface area contributed by atoms with E-state index in [1.54, 1.807) is 4.68 Å². The summed E-state index contributed by atoms with van der Waals surface area (Å²) in [5, 5.41) is 11.6. The maximum atomic E-state index is 4.13. The van der Waals surface area contributed by atoms with E-state index in [1.807, 2.05) is 13.2 Å². The molecule has 0 aromatic carbocycles. The Morgan fingerprint density at radius 2 is 2.12 bits per heavy atom. The molecule has 1 heterocycles. The predicted octanol–water partition coefficient (Wildman–Crippen LogP) is 1.63. The fourth-order valence-corrected chi connectivity index (χ4v) is 1.73. The van der Waals surface area contributed by atoms with Crippen LogP contribution in [0, 0.1) is 11.3 Å². The number of rotatable bonds is 6. The number of hydrogen-bond donors (Lipinski definition) is 1. The highest BCUT2D eigenvalue weighted by molar-refractivity contribution is 4.97. The van der Waals surface area contributed by atoms with E-state index < -0.39 is 0 Å². The van der Waals surface area contributed by atoms with Crippen LogP contribution in [0.25, 0.3) is 0 Å². The van der Waals surface area contributed by atoms with Gasteiger partial charge in [-0.15, -0.1) is 5.10 Å². The Kier molecular flexibility index (Phi) is 4.47. The van der Waals surface area contributed by atoms with Gasteiger partial charge in [0.25, 0.3) is 0 Å². The average molecular weight is 224 g/mol. The lowest BCUT2D eigenvalue weighted by Crippen LogP contribution is -2.33. The summed E-state index contributed by atoms with van der Waals surface area (Å²) in [5.41, 5.74) is 1.30. The van der Waals surface area contributed by atoms with E-state index in [4.69, 9.17) is 0 Å². The van der Waals surface area contributed by atoms with E-state index in [9.17, 15) is 0 Å². The largest absolute Gasteiger partial charge is 0.316 e. The Hall–Kier alpha value is -0.900. The topological polar surface area (TPSA) is 42.7 Å². The van der Waals surface area contributed by atoms with Crippen LogP contribution in [0.3, 0.4) is 0 Å². The molecule has 4 nitrogen and oxygen atoms in total. The summed E-state index contributed by atoms with van der Waals surface area (Å²) in [4.78, 5) is 0. The smallest absolute Gasteiger partial charge is 0.0832 e. The third-order valence-electron chi connectivity index (χ3n) is 2.47. The molecule has 1 aromatic heterocycles. The average Bonchev–Trinajstić information content (AvgIpc) is 2.48. The molecule has 92 valence electrons. The van der Waals surface area contributed by atoms with Gasteiger partial charge in [0.05, 0.1) is 5.69 Å². The number of nitrogens with one attached hydrogen (secondary N) is 1. The van der Waals surface area contributed by atoms with Crippen molar-refractivity contribution < 1.29 is 0 Å². The van der Waals surface area contributed by atoms with Gasteiger partial charge in [0, 0.05) is 19.8 Å². The minimum atomic E-state index is 0.227. The molecule has 0 amide bonds. The molecule has 0 fully saturated rings. The summed E-state index contributed by atoms with van der Waals surface area (Å²) in [5.74, 6) is 0.701. The molecule has 0 saturated heterocycles. The van der Waals surface area contributed by atoms with Crippen LogP contribution in [-0.2, 0) is 13.5 Å². The zero-order chi connectivity index (χ0) is 12.2. The van der Waals surface area contributed by atoms with Gasteiger partial charge in [-0.3, -0.25) is 4.68 Å². The van der Waals surface area contributed by atoms with Crippen molar-refractivity contribution in [3.8, 4) is 0 Å². The third-order valence-corrected chi connectivity index (χ3v) is 2.47. The summed E-state index contributed by atoms with van der Waals surface area (Å²) in [6.07, 6.45) is 2.95. The first-order valence-electron chi connectivity index (χ1n) is 5.95. The van der Waals surface area contributed by atoms with E-state index in [0.29, 0.717) is 5.92 Å². The second-order valence-corrected chi connectivity index (χ2v) is 5.75. The molecule has 0 saturated carbocycles. The first kappa shape index (κ1) is 13.2. The summed E-state index contributed by atoms with van der Waals surface area (Å²) in [6, 6.07) is 0. The van der Waals surface area contributed by atoms with Crippen LogP contribution in [0.15, 0.2) is 6.20 Å². The second-order valence-electron chi connectivity index (χ2n) is 5.75. The van der Waals surface area contributed by atoms with Crippen molar-refractivity contribution in [1.29, 1.82) is 0 Å². The van der Waals surface area contributed by atoms with E-state index in [1.165, 1.54) is 0 Å². The third kappa shape index (κ3) is 4.75. The standard InChI is InChI=1S/C12H24N4/c1-10(2)7-13-9-12(3,4)6-11-8-16(5)15-14-11/h8,10,13H,6-7,9H2,1-5H3. The van der Waals surface area contributed by atoms with E-state index in [-0.39, 0.29) is 5.41 Å². The van der Waals surface area contributed by atoms with E-state index >= 15 is 0 Å². The molecule has 0 unspecified atom stereocenters. The molecule has 0 aliphatic rings. The monoisotopic (exact) mass is 224 g/mol. The van der Waals surface area contributed by atoms with Crippen molar-refractivity contribution in [2.24, 2.45) is 18.4 Å². The fraction of sp³-hybridized carbons (Fsp3) is 0.833. The Morgan fingerprint density at radius 1 is 1.44 bits per heavy atom. The zero-order valence-corrected chi connectivity index (χ0v) is 11.1. The molecule has 16 heavy (non-hydrogen) atoms. The van der Waals surface area contributed by atoms with Gasteiger partial charge in [-0.05, 0) is 24.3 Å². The van der Waals surface area contributed by atoms with Crippen LogP contribution in [0.1, 0.15) is 33.4 Å². The maximum absolute atomic E-state index is 4.13. The summed E-state index contributed by atoms with van der Waals surface area (Å²) in [7, 11) is 1.90. The van der Waals surface area contributed by atoms with Gasteiger partial charge in [0.2, 0.25) is 0 Å². The van der Waals surface area contributed by atoms with Gasteiger partial charge >= 0.3 is 0 Å². The first-order chi connectivity index (χ1) is 7.39. The van der Waals surface area contributed by atoms with Gasteiger partial charge in [-0.25, -0.2) is 0 Å². The van der Waals surface area contributed by atoms with Crippen molar-refractivity contribution in [1.82, 2.24) is 20.3 Å². The van der Waals surface area contributed by atoms with Crippen molar-refractivity contribution >= 4 is 0 Å². The molecule has 0 atom stereocenters. The number of nitrogens with zero attached hydrogens (tertiary/aromatic N) is 3. The molecule has 1 aromatic rings. The quantitative estimate of drug-likeness (QED) is 0.798. The summed E-state index contributed by atoms with van der Waals surface area (Å²) >= 11 is 0. The molecule has 0 spiro atoms. The lowest BCUT2D eigenvalue weighted by atomic mass is 9.88. The number of aromatic nitrogens is 3. The highest BCUT2D eigenvalue weighted by Gasteiger charge is 2.19. The van der Waals surface area contributed by atoms with Crippen LogP contribution >= 0.6 is 0 Å². The van der Waals surface area contributed by atoms with E-state index in [2.05, 4.69) is 43.3 Å². The molecular formula is C12H24N4. The second kappa shape index (κ2) is 5.43. The lowest BCUT2D eigenvalue weighted by Gasteiger charge is -2.24. The molecule has 4 heteroatoms. The summed E-state index contributed by atoms with van der Waals surface area (Å²) < 4.78 is 1.76. The van der Waals surface area contributed by atoms with Gasteiger partial charge < -0.3 is 5.32 Å². The van der Waals surface area contributed by atoms with Gasteiger partial charge in [-0.2, -0.15) is 0 Å². The van der Waals surface area contributed by atoms with Crippen LogP contribution in [-0.4, -0.2) is 28.1 Å². The van der Waals surface area contributed by atoms with Crippen molar-refractivity contribution in [2.45, 2.75) is 34.1 Å². The van der Waals surface area contributed by atoms with Crippen LogP contribution in [0.5, 0.6) is 0 Å². The first-order valence-corrected chi connectivity index (χ1v) is 5.95. The molecule has 0 radical (unpaired) electrons. The Balaban J connectivity index is 2.39. The van der Waals surface area contributed by atoms with Crippen LogP contribution in [0.2, 0.25) is 0 Å². The lowest BCUT2D eigenvalue weighted by molar-refractivity contribution is 0.327. The number of hydrogen-bond acceptors (Lipinski definition) is 3. The molecule has 0 aliphatic heterocycles. The van der Waals surface area contributed by atoms with Crippen molar-refractivity contribution in [2.75, 3.05) is 13.1 Å². The summed E-state index contributed by atoms with van der Waals surface area (Å²) in [6.45, 7) is 11.1. The van der Waals surface area contributed by atoms with Gasteiger partial charge in [0.1, 0.15) is 0 Å². The van der Waals surface area contributed by atoms with Crippen molar-refractivity contribution in [3.05, 3.63) is 11.9 Å². The molecule has 0 bridgehead atoms. The van der Waals surface area contributed by atoms with Crippen LogP contribution < -0.4 is 5.32 Å². The van der Waals surface area contributed by atoms with E-state index in [0.717, 1.165) is 25.2 Å². The molecule has 0 aliphatic carbocycles. The van der Waals surface area contributed by atoms with Gasteiger partial charge in [0.15, 0.2) is 0 Å². The fourth-order valence-electron chi connectivity index (χ4n) is 1.73. The SMILES string of the molecule is CC(C)CNCC(C)(C)Cc1cn(C)nn1.